The van der Waals surface area contributed by atoms with Gasteiger partial charge >= 0.3 is 0 Å². The van der Waals surface area contributed by atoms with Crippen LogP contribution in [0.25, 0.3) is 0 Å². The lowest BCUT2D eigenvalue weighted by atomic mass is 10.3. The van der Waals surface area contributed by atoms with E-state index in [2.05, 4.69) is 28.4 Å². The van der Waals surface area contributed by atoms with Gasteiger partial charge in [-0.25, -0.2) is 0 Å². The van der Waals surface area contributed by atoms with Crippen molar-refractivity contribution in [1.82, 2.24) is 5.32 Å². The van der Waals surface area contributed by atoms with E-state index in [0.717, 1.165) is 12.8 Å². The maximum absolute atomic E-state index is 3.16. The second-order valence-electron chi connectivity index (χ2n) is 1.96. The molecule has 1 unspecified atom stereocenters. The Bertz CT molecular complexity index is 101. The van der Waals surface area contributed by atoms with Crippen molar-refractivity contribution in [2.45, 2.75) is 26.7 Å². The molecule has 0 saturated carbocycles. The predicted octanol–water partition coefficient (Wildman–Crippen LogP) is 2.11. The Labute approximate surface area is 60.1 Å². The second kappa shape index (κ2) is 4.81. The van der Waals surface area contributed by atoms with Gasteiger partial charge in [0.1, 0.15) is 0 Å². The first-order chi connectivity index (χ1) is 4.26. The van der Waals surface area contributed by atoms with Gasteiger partial charge in [-0.3, -0.25) is 0 Å². The molecule has 0 aliphatic rings. The van der Waals surface area contributed by atoms with Gasteiger partial charge in [-0.15, -0.1) is 9.24 Å². The maximum Gasteiger partial charge on any atom is 0.0133 e. The van der Waals surface area contributed by atoms with Crippen molar-refractivity contribution in [3.8, 4) is 0 Å². The first-order valence-electron chi connectivity index (χ1n) is 3.41. The standard InChI is InChI=1S/C7H16NP/c1-4-6(8-3)7(9)5-2/h8H,4-5,9H2,1-3H3/b7-6+. The highest BCUT2D eigenvalue weighted by Crippen LogP contribution is 2.15. The normalized spacial score (nSPS) is 12.9. The van der Waals surface area contributed by atoms with Crippen LogP contribution >= 0.6 is 9.24 Å². The third kappa shape index (κ3) is 2.86. The topological polar surface area (TPSA) is 12.0 Å². The van der Waals surface area contributed by atoms with E-state index in [1.165, 1.54) is 11.0 Å². The fourth-order valence-corrected chi connectivity index (χ4v) is 1.13. The molecule has 0 aromatic carbocycles. The van der Waals surface area contributed by atoms with Crippen LogP contribution < -0.4 is 5.32 Å². The van der Waals surface area contributed by atoms with Crippen molar-refractivity contribution in [3.05, 3.63) is 11.0 Å². The van der Waals surface area contributed by atoms with Crippen LogP contribution in [0, 0.1) is 0 Å². The van der Waals surface area contributed by atoms with Crippen LogP contribution in [0.5, 0.6) is 0 Å². The smallest absolute Gasteiger partial charge is 0.0133 e. The number of hydrogen-bond donors (Lipinski definition) is 1. The summed E-state index contributed by atoms with van der Waals surface area (Å²) in [7, 11) is 4.73. The third-order valence-corrected chi connectivity index (χ3v) is 2.18. The summed E-state index contributed by atoms with van der Waals surface area (Å²) in [5, 5.41) is 4.55. The number of rotatable bonds is 3. The molecule has 0 radical (unpaired) electrons. The molecule has 54 valence electrons. The van der Waals surface area contributed by atoms with Crippen molar-refractivity contribution in [2.24, 2.45) is 0 Å². The highest BCUT2D eigenvalue weighted by Gasteiger charge is 1.93. The van der Waals surface area contributed by atoms with Gasteiger partial charge in [0.2, 0.25) is 0 Å². The monoisotopic (exact) mass is 145 g/mol. The summed E-state index contributed by atoms with van der Waals surface area (Å²) in [5.74, 6) is 0. The minimum atomic E-state index is 1.10. The minimum absolute atomic E-state index is 1.10. The molecule has 0 aliphatic carbocycles. The zero-order valence-corrected chi connectivity index (χ0v) is 7.65. The van der Waals surface area contributed by atoms with Crippen LogP contribution in [-0.2, 0) is 0 Å². The molecular formula is C7H16NP. The molecule has 0 aromatic heterocycles. The fraction of sp³-hybridized carbons (Fsp3) is 0.714. The molecule has 0 bridgehead atoms. The summed E-state index contributed by atoms with van der Waals surface area (Å²) in [6.07, 6.45) is 2.22. The van der Waals surface area contributed by atoms with E-state index in [-0.39, 0.29) is 0 Å². The van der Waals surface area contributed by atoms with Gasteiger partial charge in [0, 0.05) is 12.7 Å². The van der Waals surface area contributed by atoms with Gasteiger partial charge in [0.05, 0.1) is 0 Å². The summed E-state index contributed by atoms with van der Waals surface area (Å²) < 4.78 is 0. The number of allylic oxidation sites excluding steroid dienone is 2. The Balaban J connectivity index is 4.01. The van der Waals surface area contributed by atoms with Gasteiger partial charge in [-0.2, -0.15) is 0 Å². The largest absolute Gasteiger partial charge is 0.391 e. The Morgan fingerprint density at radius 1 is 1.33 bits per heavy atom. The number of nitrogens with one attached hydrogen (secondary N) is 1. The highest BCUT2D eigenvalue weighted by molar-refractivity contribution is 7.22. The quantitative estimate of drug-likeness (QED) is 0.600. The van der Waals surface area contributed by atoms with E-state index in [0.29, 0.717) is 0 Å². The second-order valence-corrected chi connectivity index (χ2v) is 2.66. The van der Waals surface area contributed by atoms with Crippen LogP contribution in [0.15, 0.2) is 11.0 Å². The Morgan fingerprint density at radius 3 is 2.00 bits per heavy atom. The Kier molecular flexibility index (Phi) is 4.80. The van der Waals surface area contributed by atoms with Gasteiger partial charge in [-0.1, -0.05) is 13.8 Å². The minimum Gasteiger partial charge on any atom is -0.391 e. The molecule has 2 heteroatoms. The molecule has 1 N–H and O–H groups in total. The average molecular weight is 145 g/mol. The van der Waals surface area contributed by atoms with Crippen molar-refractivity contribution < 1.29 is 0 Å². The van der Waals surface area contributed by atoms with Crippen molar-refractivity contribution in [1.29, 1.82) is 0 Å². The Morgan fingerprint density at radius 2 is 1.89 bits per heavy atom. The van der Waals surface area contributed by atoms with Crippen LogP contribution in [0.4, 0.5) is 0 Å². The third-order valence-electron chi connectivity index (χ3n) is 1.42. The molecule has 0 amide bonds. The van der Waals surface area contributed by atoms with Gasteiger partial charge in [0.25, 0.3) is 0 Å². The lowest BCUT2D eigenvalue weighted by molar-refractivity contribution is 0.878. The Hall–Kier alpha value is -0.0300. The molecule has 0 spiro atoms. The van der Waals surface area contributed by atoms with Crippen LogP contribution in [0.1, 0.15) is 26.7 Å². The van der Waals surface area contributed by atoms with Crippen LogP contribution in [0.3, 0.4) is 0 Å². The average Bonchev–Trinajstić information content (AvgIpc) is 1.90. The number of hydrogen-bond acceptors (Lipinski definition) is 1. The SMILES string of the molecule is CC/C(P)=C(/CC)NC. The van der Waals surface area contributed by atoms with Crippen molar-refractivity contribution in [2.75, 3.05) is 7.05 Å². The lowest BCUT2D eigenvalue weighted by Crippen LogP contribution is -2.05. The van der Waals surface area contributed by atoms with Crippen molar-refractivity contribution in [3.63, 3.8) is 0 Å². The van der Waals surface area contributed by atoms with Crippen LogP contribution in [-0.4, -0.2) is 7.05 Å². The highest BCUT2D eigenvalue weighted by atomic mass is 31.0. The van der Waals surface area contributed by atoms with E-state index < -0.39 is 0 Å². The molecular weight excluding hydrogens is 129 g/mol. The maximum atomic E-state index is 3.16. The molecule has 0 aliphatic heterocycles. The first-order valence-corrected chi connectivity index (χ1v) is 3.99. The van der Waals surface area contributed by atoms with E-state index in [1.807, 2.05) is 7.05 Å². The zero-order valence-electron chi connectivity index (χ0n) is 6.49. The van der Waals surface area contributed by atoms with Crippen LogP contribution in [0.2, 0.25) is 0 Å². The predicted molar refractivity (Wildman–Crippen MR) is 46.4 cm³/mol. The molecule has 0 rings (SSSR count). The molecule has 0 heterocycles. The molecule has 0 saturated heterocycles. The molecule has 1 atom stereocenters. The summed E-state index contributed by atoms with van der Waals surface area (Å²) in [4.78, 5) is 0. The van der Waals surface area contributed by atoms with E-state index in [1.54, 1.807) is 0 Å². The molecule has 0 aromatic rings. The summed E-state index contributed by atoms with van der Waals surface area (Å²) >= 11 is 0. The van der Waals surface area contributed by atoms with E-state index in [9.17, 15) is 0 Å². The van der Waals surface area contributed by atoms with Gasteiger partial charge < -0.3 is 5.32 Å². The summed E-state index contributed by atoms with van der Waals surface area (Å²) in [6, 6.07) is 0. The van der Waals surface area contributed by atoms with Crippen molar-refractivity contribution >= 4 is 9.24 Å². The van der Waals surface area contributed by atoms with E-state index >= 15 is 0 Å². The first kappa shape index (κ1) is 8.97. The lowest BCUT2D eigenvalue weighted by Gasteiger charge is -2.06. The zero-order chi connectivity index (χ0) is 7.28. The van der Waals surface area contributed by atoms with E-state index in [4.69, 9.17) is 0 Å². The fourth-order valence-electron chi connectivity index (χ4n) is 0.778. The molecule has 0 fully saturated rings. The van der Waals surface area contributed by atoms with Gasteiger partial charge in [0.15, 0.2) is 0 Å². The molecule has 9 heavy (non-hydrogen) atoms. The molecule has 1 nitrogen and oxygen atoms in total. The summed E-state index contributed by atoms with van der Waals surface area (Å²) in [5.41, 5.74) is 1.35. The van der Waals surface area contributed by atoms with Gasteiger partial charge in [-0.05, 0) is 18.2 Å². The summed E-state index contributed by atoms with van der Waals surface area (Å²) in [6.45, 7) is 4.32.